The Kier molecular flexibility index (Phi) is 7.00. The summed E-state index contributed by atoms with van der Waals surface area (Å²) in [7, 11) is 0. The standard InChI is InChI=1S/C55H38/c1-55(2)50-24-12-23-44(54(50)49-33-40-15-5-6-16-41(40)34-51(49)55)36-26-28-37(29-27-36)52-45-19-7-9-21-47(45)53(48-22-10-8-20-46(48)52)43-18-11-17-39(32-43)42-30-25-35-13-3-4-14-38(35)31-42/h3-34H,1-2H3. The van der Waals surface area contributed by atoms with E-state index in [0.717, 1.165) is 0 Å². The van der Waals surface area contributed by atoms with Gasteiger partial charge in [-0.3, -0.25) is 0 Å². The van der Waals surface area contributed by atoms with Gasteiger partial charge in [0.2, 0.25) is 0 Å². The minimum absolute atomic E-state index is 0.0702. The number of rotatable bonds is 4. The van der Waals surface area contributed by atoms with Crippen molar-refractivity contribution >= 4 is 43.1 Å². The van der Waals surface area contributed by atoms with Gasteiger partial charge in [-0.2, -0.15) is 0 Å². The van der Waals surface area contributed by atoms with Crippen LogP contribution >= 0.6 is 0 Å². The van der Waals surface area contributed by atoms with Gasteiger partial charge in [0.25, 0.3) is 0 Å². The molecule has 0 unspecified atom stereocenters. The molecule has 11 rings (SSSR count). The minimum atomic E-state index is -0.0702. The third-order valence-electron chi connectivity index (χ3n) is 12.2. The van der Waals surface area contributed by atoms with Crippen molar-refractivity contribution in [2.24, 2.45) is 0 Å². The van der Waals surface area contributed by atoms with Crippen LogP contribution in [0.4, 0.5) is 0 Å². The first-order valence-electron chi connectivity index (χ1n) is 19.3. The van der Waals surface area contributed by atoms with Gasteiger partial charge in [-0.1, -0.05) is 184 Å². The van der Waals surface area contributed by atoms with E-state index in [1.165, 1.54) is 110 Å². The average molecular weight is 699 g/mol. The van der Waals surface area contributed by atoms with E-state index in [-0.39, 0.29) is 5.41 Å². The van der Waals surface area contributed by atoms with Gasteiger partial charge >= 0.3 is 0 Å². The van der Waals surface area contributed by atoms with Crippen molar-refractivity contribution in [2.45, 2.75) is 19.3 Å². The summed E-state index contributed by atoms with van der Waals surface area (Å²) in [6, 6.07) is 72.2. The highest BCUT2D eigenvalue weighted by molar-refractivity contribution is 6.21. The molecule has 0 amide bonds. The quantitative estimate of drug-likeness (QED) is 0.161. The lowest BCUT2D eigenvalue weighted by Crippen LogP contribution is -2.14. The zero-order valence-corrected chi connectivity index (χ0v) is 31.0. The molecule has 0 saturated carbocycles. The SMILES string of the molecule is CC1(C)c2cc3ccccc3cc2-c2c(-c3ccc(-c4c5ccccc5c(-c5cccc(-c6ccc7ccccc7c6)c5)c5ccccc45)cc3)cccc21. The zero-order valence-electron chi connectivity index (χ0n) is 31.0. The molecule has 0 N–H and O–H groups in total. The van der Waals surface area contributed by atoms with E-state index < -0.39 is 0 Å². The van der Waals surface area contributed by atoms with Crippen molar-refractivity contribution < 1.29 is 0 Å². The highest BCUT2D eigenvalue weighted by atomic mass is 14.4. The molecule has 0 aromatic heterocycles. The van der Waals surface area contributed by atoms with E-state index in [1.807, 2.05) is 0 Å². The molecule has 0 spiro atoms. The van der Waals surface area contributed by atoms with E-state index in [0.29, 0.717) is 0 Å². The summed E-state index contributed by atoms with van der Waals surface area (Å²) >= 11 is 0. The highest BCUT2D eigenvalue weighted by Gasteiger charge is 2.37. The Hall–Kier alpha value is -6.76. The summed E-state index contributed by atoms with van der Waals surface area (Å²) in [5.74, 6) is 0. The lowest BCUT2D eigenvalue weighted by Gasteiger charge is -2.22. The zero-order chi connectivity index (χ0) is 36.7. The van der Waals surface area contributed by atoms with Crippen LogP contribution in [0.15, 0.2) is 194 Å². The van der Waals surface area contributed by atoms with Gasteiger partial charge in [-0.25, -0.2) is 0 Å². The van der Waals surface area contributed by atoms with Crippen molar-refractivity contribution in [3.63, 3.8) is 0 Å². The van der Waals surface area contributed by atoms with E-state index >= 15 is 0 Å². The Morgan fingerprint density at radius 2 is 0.764 bits per heavy atom. The molecular weight excluding hydrogens is 661 g/mol. The molecule has 10 aromatic carbocycles. The van der Waals surface area contributed by atoms with Gasteiger partial charge in [-0.05, 0) is 134 Å². The van der Waals surface area contributed by atoms with Crippen LogP contribution in [0, 0.1) is 0 Å². The molecule has 0 aliphatic heterocycles. The molecule has 0 nitrogen and oxygen atoms in total. The number of fused-ring (bicyclic) bond motifs is 7. The Bertz CT molecular complexity index is 3100. The molecule has 0 heterocycles. The monoisotopic (exact) mass is 698 g/mol. The molecule has 0 radical (unpaired) electrons. The normalized spacial score (nSPS) is 13.1. The third kappa shape index (κ3) is 4.92. The molecule has 258 valence electrons. The fraction of sp³-hybridized carbons (Fsp3) is 0.0545. The van der Waals surface area contributed by atoms with E-state index in [4.69, 9.17) is 0 Å². The van der Waals surface area contributed by atoms with Crippen LogP contribution in [0.3, 0.4) is 0 Å². The maximum absolute atomic E-state index is 2.41. The first-order valence-corrected chi connectivity index (χ1v) is 19.3. The van der Waals surface area contributed by atoms with Gasteiger partial charge in [0.05, 0.1) is 0 Å². The second-order valence-electron chi connectivity index (χ2n) is 15.7. The summed E-state index contributed by atoms with van der Waals surface area (Å²) < 4.78 is 0. The predicted octanol–water partition coefficient (Wildman–Crippen LogP) is 15.3. The molecule has 0 saturated heterocycles. The Morgan fingerprint density at radius 1 is 0.273 bits per heavy atom. The van der Waals surface area contributed by atoms with E-state index in [9.17, 15) is 0 Å². The topological polar surface area (TPSA) is 0 Å². The van der Waals surface area contributed by atoms with Crippen LogP contribution in [0.1, 0.15) is 25.0 Å². The Balaban J connectivity index is 1.05. The van der Waals surface area contributed by atoms with Crippen LogP contribution in [0.2, 0.25) is 0 Å². The summed E-state index contributed by atoms with van der Waals surface area (Å²) in [6.45, 7) is 4.75. The molecule has 1 aliphatic carbocycles. The van der Waals surface area contributed by atoms with Crippen LogP contribution in [0.25, 0.3) is 98.7 Å². The highest BCUT2D eigenvalue weighted by Crippen LogP contribution is 2.53. The average Bonchev–Trinajstić information content (AvgIpc) is 3.46. The second kappa shape index (κ2) is 12.1. The predicted molar refractivity (Wildman–Crippen MR) is 236 cm³/mol. The van der Waals surface area contributed by atoms with Crippen LogP contribution in [0.5, 0.6) is 0 Å². The summed E-state index contributed by atoms with van der Waals surface area (Å²) in [4.78, 5) is 0. The second-order valence-corrected chi connectivity index (χ2v) is 15.7. The maximum Gasteiger partial charge on any atom is 0.0159 e. The molecular formula is C55H38. The summed E-state index contributed by atoms with van der Waals surface area (Å²) in [5.41, 5.74) is 15.5. The largest absolute Gasteiger partial charge is 0.0616 e. The molecule has 0 fully saturated rings. The lowest BCUT2D eigenvalue weighted by molar-refractivity contribution is 0.661. The Labute approximate surface area is 322 Å². The van der Waals surface area contributed by atoms with Crippen molar-refractivity contribution in [1.29, 1.82) is 0 Å². The first-order chi connectivity index (χ1) is 27.0. The summed E-state index contributed by atoms with van der Waals surface area (Å²) in [6.07, 6.45) is 0. The van der Waals surface area contributed by atoms with E-state index in [1.54, 1.807) is 0 Å². The van der Waals surface area contributed by atoms with Crippen molar-refractivity contribution in [2.75, 3.05) is 0 Å². The maximum atomic E-state index is 2.41. The first kappa shape index (κ1) is 31.7. The molecule has 55 heavy (non-hydrogen) atoms. The Morgan fingerprint density at radius 3 is 1.44 bits per heavy atom. The van der Waals surface area contributed by atoms with Gasteiger partial charge < -0.3 is 0 Å². The lowest BCUT2D eigenvalue weighted by atomic mass is 9.81. The number of benzene rings is 10. The minimum Gasteiger partial charge on any atom is -0.0616 e. The fourth-order valence-corrected chi connectivity index (χ4v) is 9.50. The molecule has 0 heteroatoms. The number of hydrogen-bond acceptors (Lipinski definition) is 0. The van der Waals surface area contributed by atoms with Crippen molar-refractivity contribution in [3.8, 4) is 55.6 Å². The molecule has 1 aliphatic rings. The molecule has 0 atom stereocenters. The van der Waals surface area contributed by atoms with Crippen LogP contribution in [-0.4, -0.2) is 0 Å². The summed E-state index contributed by atoms with van der Waals surface area (Å²) in [5, 5.41) is 10.2. The van der Waals surface area contributed by atoms with E-state index in [2.05, 4.69) is 208 Å². The van der Waals surface area contributed by atoms with Crippen LogP contribution in [-0.2, 0) is 5.41 Å². The van der Waals surface area contributed by atoms with Gasteiger partial charge in [0.15, 0.2) is 0 Å². The molecule has 10 aromatic rings. The van der Waals surface area contributed by atoms with Gasteiger partial charge in [-0.15, -0.1) is 0 Å². The smallest absolute Gasteiger partial charge is 0.0159 e. The van der Waals surface area contributed by atoms with Crippen molar-refractivity contribution in [3.05, 3.63) is 205 Å². The number of hydrogen-bond donors (Lipinski definition) is 0. The van der Waals surface area contributed by atoms with Gasteiger partial charge in [0.1, 0.15) is 0 Å². The fourth-order valence-electron chi connectivity index (χ4n) is 9.50. The molecule has 0 bridgehead atoms. The third-order valence-corrected chi connectivity index (χ3v) is 12.2. The van der Waals surface area contributed by atoms with Crippen LogP contribution < -0.4 is 0 Å². The van der Waals surface area contributed by atoms with Gasteiger partial charge in [0, 0.05) is 5.41 Å². The van der Waals surface area contributed by atoms with Crippen molar-refractivity contribution in [1.82, 2.24) is 0 Å².